The summed E-state index contributed by atoms with van der Waals surface area (Å²) in [4.78, 5) is 0. The van der Waals surface area contributed by atoms with E-state index in [0.29, 0.717) is 26.2 Å². The third-order valence-corrected chi connectivity index (χ3v) is 2.19. The monoisotopic (exact) mass is 2210 g/mol. The zero-order chi connectivity index (χ0) is 37.1. The van der Waals surface area contributed by atoms with Crippen LogP contribution in [-0.4, -0.2) is 145 Å². The van der Waals surface area contributed by atoms with Gasteiger partial charge in [0.2, 0.25) is 0 Å². The van der Waals surface area contributed by atoms with Gasteiger partial charge in [-0.1, -0.05) is 0 Å². The molecule has 4 atom stereocenters. The Balaban J connectivity index is -0.00000000428. The number of rotatable bonds is 6. The van der Waals surface area contributed by atoms with Crippen LogP contribution in [0.2, 0.25) is 0 Å². The minimum absolute atomic E-state index is 0. The van der Waals surface area contributed by atoms with E-state index in [9.17, 15) is 0 Å². The summed E-state index contributed by atoms with van der Waals surface area (Å²) >= 11 is 0. The van der Waals surface area contributed by atoms with E-state index < -0.39 is 0 Å². The molecule has 0 fully saturated rings. The number of nitrogens with two attached hydrogens (primary N) is 13. The van der Waals surface area contributed by atoms with Gasteiger partial charge in [-0.05, 0) is 0 Å². The van der Waals surface area contributed by atoms with Gasteiger partial charge < -0.3 is 219 Å². The SMILES string of the molecule is NCC(N)C(N)CN.NCC(N)C(N)CN.[C-]#N.[C-]#N.[C-]#N.[C-]#N.[C-]#N.[C-]#N.[C-]#N.[C-]#N.[C-]#N.[C-]#N.[C-]#N.[C-]#N.[Cu+2].[Cu+2].[Cu].[Cu].[Cu].[NH2-].[NH2-].[NH2-].[NH2-].[NH2-].[Re].[Re].[Re].[Re].[TeH].[TeH].[TeH].[TeH]. The molecule has 25 nitrogen and oxygen atoms in total. The summed E-state index contributed by atoms with van der Waals surface area (Å²) in [6.07, 6.45) is 0. The van der Waals surface area contributed by atoms with Gasteiger partial charge in [-0.25, -0.2) is 0 Å². The van der Waals surface area contributed by atoms with Gasteiger partial charge in [-0.3, -0.25) is 0 Å². The molecule has 0 rings (SSSR count). The second kappa shape index (κ2) is 621. The first-order valence-electron chi connectivity index (χ1n) is 7.95. The van der Waals surface area contributed by atoms with E-state index in [1.807, 2.05) is 0 Å². The summed E-state index contributed by atoms with van der Waals surface area (Å²) < 4.78 is 0. The molecule has 0 aliphatic heterocycles. The fraction of sp³-hybridized carbons (Fsp3) is 0.400. The Kier molecular flexibility index (Phi) is 2870. The maximum atomic E-state index is 6.25. The Morgan fingerprint density at radius 3 is 0.310 bits per heavy atom. The quantitative estimate of drug-likeness (QED) is 0.0986. The van der Waals surface area contributed by atoms with Crippen molar-refractivity contribution in [3.8, 4) is 0 Å². The zero-order valence-corrected chi connectivity index (χ0v) is 54.6. The van der Waals surface area contributed by atoms with Crippen LogP contribution in [0.25, 0.3) is 30.8 Å². The molecule has 4 unspecified atom stereocenters. The Hall–Kier alpha value is 1.77. The first-order chi connectivity index (χ1) is 19.4. The molecule has 0 saturated heterocycles. The van der Waals surface area contributed by atoms with Crippen LogP contribution in [0, 0.1) is 142 Å². The van der Waals surface area contributed by atoms with Gasteiger partial charge in [-0.2, -0.15) is 0 Å². The predicted octanol–water partition coefficient (Wildman–Crippen LogP) is -2.76. The van der Waals surface area contributed by atoms with Crippen LogP contribution < -0.4 is 45.9 Å². The molecule has 0 aromatic heterocycles. The van der Waals surface area contributed by atoms with E-state index in [1.54, 1.807) is 0 Å². The van der Waals surface area contributed by atoms with E-state index in [-0.39, 0.29) is 317 Å². The van der Waals surface area contributed by atoms with Crippen LogP contribution >= 0.6 is 0 Å². The van der Waals surface area contributed by atoms with Crippen LogP contribution in [0.5, 0.6) is 0 Å². The first kappa shape index (κ1) is 268. The van der Waals surface area contributed by atoms with Crippen molar-refractivity contribution in [2.24, 2.45) is 45.9 Å². The van der Waals surface area contributed by atoms with E-state index in [1.165, 1.54) is 0 Å². The van der Waals surface area contributed by atoms with E-state index in [2.05, 4.69) is 0 Å². The van der Waals surface area contributed by atoms with Gasteiger partial charge >= 0.3 is 129 Å². The third kappa shape index (κ3) is 590. The Bertz CT molecular complexity index is 484. The van der Waals surface area contributed by atoms with Crippen molar-refractivity contribution in [2.75, 3.05) is 26.2 Å². The van der Waals surface area contributed by atoms with E-state index >= 15 is 0 Å². The molecule has 367 valence electrons. The molecule has 0 aliphatic carbocycles. The van der Waals surface area contributed by atoms with Crippen molar-refractivity contribution in [1.82, 2.24) is 0 Å². The van der Waals surface area contributed by atoms with Gasteiger partial charge in [0.1, 0.15) is 0 Å². The van der Waals surface area contributed by atoms with Gasteiger partial charge in [0.25, 0.3) is 0 Å². The van der Waals surface area contributed by atoms with E-state index in [4.69, 9.17) is 188 Å². The van der Waals surface area contributed by atoms with Crippen LogP contribution in [0.1, 0.15) is 0 Å². The molecule has 58 heavy (non-hydrogen) atoms. The average Bonchev–Trinajstić information content (AvgIpc) is 3.13. The van der Waals surface area contributed by atoms with Crippen molar-refractivity contribution in [1.29, 1.82) is 63.1 Å². The van der Waals surface area contributed by atoms with Crippen LogP contribution in [0.15, 0.2) is 0 Å². The van der Waals surface area contributed by atoms with Gasteiger partial charge in [-0.15, -0.1) is 0 Å². The zero-order valence-electron chi connectivity index (χ0n) is 28.8. The molecule has 0 amide bonds. The summed E-state index contributed by atoms with van der Waals surface area (Å²) in [5.74, 6) is 0. The molecule has 0 aromatic rings. The van der Waals surface area contributed by atoms with Gasteiger partial charge in [0.15, 0.2) is 0 Å². The predicted molar refractivity (Wildman–Crippen MR) is 183 cm³/mol. The van der Waals surface area contributed by atoms with Crippen molar-refractivity contribution in [3.63, 3.8) is 0 Å². The second-order valence-electron chi connectivity index (χ2n) is 3.60. The minimum atomic E-state index is -0.153. The second-order valence-corrected chi connectivity index (χ2v) is 3.60. The molecule has 0 aromatic carbocycles. The van der Waals surface area contributed by atoms with Crippen LogP contribution in [0.4, 0.5) is 0 Å². The molecule has 0 bridgehead atoms. The number of nitrogens with zero attached hydrogens (tertiary/aromatic N) is 12. The molecular formula is C20H42Cu5N25Re4Te4-13. The molecular weight excluding hydrogens is 2160 g/mol. The number of hydrogen-bond acceptors (Lipinski definition) is 20. The fourth-order valence-electron chi connectivity index (χ4n) is 0.699. The Morgan fingerprint density at radius 2 is 0.293 bits per heavy atom. The Labute approximate surface area is 522 Å². The topological polar surface area (TPSA) is 661 Å². The number of hydrogen-bond donors (Lipinski definition) is 8. The van der Waals surface area contributed by atoms with Crippen molar-refractivity contribution in [3.05, 3.63) is 110 Å². The first-order valence-corrected chi connectivity index (χ1v) is 7.95. The van der Waals surface area contributed by atoms with Crippen LogP contribution in [0.3, 0.4) is 0 Å². The van der Waals surface area contributed by atoms with Crippen molar-refractivity contribution < 1.29 is 167 Å². The molecule has 0 aliphatic rings. The normalized spacial score (nSPS) is 5.38. The average molecular weight is 2210 g/mol. The standard InChI is InChI=1S/2C4H14N4.12CN.5Cu.5H2N.4Re.4HTe/c2*5-1-3(7)4(8)2-6;12*1-2;;;;;;;;;;;;;;;;;;/h2*3-4H,1-2,5-8H2;;;;;;;;;;;;;;;;;;5*1H2;;;;;4*1H/q;;12*-1;;;;2*+2;5*-1;;;;;;;;. The third-order valence-electron chi connectivity index (χ3n) is 2.19. The maximum absolute atomic E-state index is 6.25. The van der Waals surface area contributed by atoms with Crippen molar-refractivity contribution in [2.45, 2.75) is 24.2 Å². The summed E-state index contributed by atoms with van der Waals surface area (Å²) in [7, 11) is 0. The van der Waals surface area contributed by atoms with Gasteiger partial charge in [0.05, 0.1) is 0 Å². The molecule has 38 heteroatoms. The summed E-state index contributed by atoms with van der Waals surface area (Å²) in [6, 6.07) is -0.611. The molecule has 26 N–H and O–H groups in total. The molecule has 0 heterocycles. The Morgan fingerprint density at radius 1 is 0.259 bits per heavy atom. The van der Waals surface area contributed by atoms with Crippen molar-refractivity contribution >= 4 is 94.7 Å². The van der Waals surface area contributed by atoms with Crippen LogP contribution in [-0.2, 0) is 167 Å². The molecule has 0 spiro atoms. The summed E-state index contributed by atoms with van der Waals surface area (Å²) in [5, 5.41) is 75.0. The summed E-state index contributed by atoms with van der Waals surface area (Å²) in [5.41, 5.74) is 42.3. The van der Waals surface area contributed by atoms with E-state index in [0.717, 1.165) is 0 Å². The van der Waals surface area contributed by atoms with Gasteiger partial charge in [0, 0.05) is 183 Å². The fourth-order valence-corrected chi connectivity index (χ4v) is 0.699. The molecule has 0 saturated carbocycles. The molecule has 13 radical (unpaired) electrons. The summed E-state index contributed by atoms with van der Waals surface area (Å²) in [6.45, 7) is 58.6.